The maximum absolute atomic E-state index is 13.0. The van der Waals surface area contributed by atoms with Crippen molar-refractivity contribution in [2.45, 2.75) is 82.1 Å². The van der Waals surface area contributed by atoms with E-state index in [0.29, 0.717) is 24.3 Å². The number of hydrogen-bond acceptors (Lipinski definition) is 10. The van der Waals surface area contributed by atoms with Crippen LogP contribution in [0, 0.1) is 0 Å². The molecule has 16 heteroatoms. The van der Waals surface area contributed by atoms with Gasteiger partial charge in [0.05, 0.1) is 36.1 Å². The van der Waals surface area contributed by atoms with Crippen LogP contribution in [0.1, 0.15) is 71.4 Å². The Morgan fingerprint density at radius 1 is 1.00 bits per heavy atom. The number of para-hydroxylation sites is 1. The zero-order valence-electron chi connectivity index (χ0n) is 33.5. The van der Waals surface area contributed by atoms with E-state index in [2.05, 4.69) is 65.5 Å². The number of allylic oxidation sites excluding steroid dienone is 8. The van der Waals surface area contributed by atoms with E-state index in [1.54, 1.807) is 0 Å². The average Bonchev–Trinajstić information content (AvgIpc) is 3.52. The van der Waals surface area contributed by atoms with Crippen LogP contribution in [0.3, 0.4) is 0 Å². The Bertz CT molecular complexity index is 2380. The third kappa shape index (κ3) is 10.8. The summed E-state index contributed by atoms with van der Waals surface area (Å²) in [6.07, 6.45) is 12.0. The second kappa shape index (κ2) is 18.9. The van der Waals surface area contributed by atoms with E-state index in [-0.39, 0.29) is 24.1 Å². The molecule has 0 radical (unpaired) electrons. The molecule has 0 aromatic heterocycles. The van der Waals surface area contributed by atoms with Gasteiger partial charge in [0.2, 0.25) is 11.6 Å². The van der Waals surface area contributed by atoms with Gasteiger partial charge in [-0.3, -0.25) is 14.1 Å². The fourth-order valence-corrected chi connectivity index (χ4v) is 8.82. The van der Waals surface area contributed by atoms with Crippen LogP contribution in [0.4, 0.5) is 11.4 Å². The van der Waals surface area contributed by atoms with Crippen molar-refractivity contribution in [3.63, 3.8) is 0 Å². The van der Waals surface area contributed by atoms with Crippen LogP contribution in [0.15, 0.2) is 107 Å². The van der Waals surface area contributed by atoms with E-state index in [9.17, 15) is 32.5 Å². The van der Waals surface area contributed by atoms with Gasteiger partial charge in [0.15, 0.2) is 12.3 Å². The molecular weight excluding hydrogens is 799 g/mol. The van der Waals surface area contributed by atoms with Crippen molar-refractivity contribution in [1.29, 1.82) is 0 Å². The number of rotatable bonds is 19. The smallest absolute Gasteiger partial charge is 0.326 e. The van der Waals surface area contributed by atoms with Crippen LogP contribution in [0.5, 0.6) is 0 Å². The summed E-state index contributed by atoms with van der Waals surface area (Å²) in [6.45, 7) is 11.2. The summed E-state index contributed by atoms with van der Waals surface area (Å²) in [5.41, 5.74) is 6.14. The normalized spacial score (nSPS) is 17.3. The van der Waals surface area contributed by atoms with E-state index >= 15 is 0 Å². The van der Waals surface area contributed by atoms with Crippen LogP contribution in [-0.4, -0.2) is 81.5 Å². The lowest BCUT2D eigenvalue weighted by atomic mass is 9.79. The minimum atomic E-state index is -4.03. The number of carboxylic acids is 2. The van der Waals surface area contributed by atoms with Crippen molar-refractivity contribution >= 4 is 67.9 Å². The van der Waals surface area contributed by atoms with Crippen molar-refractivity contribution in [3.05, 3.63) is 113 Å². The zero-order valence-corrected chi connectivity index (χ0v) is 35.2. The fraction of sp³-hybridized carbons (Fsp3) is 0.349. The highest BCUT2D eigenvalue weighted by Gasteiger charge is 2.46. The van der Waals surface area contributed by atoms with Crippen molar-refractivity contribution in [2.75, 3.05) is 23.7 Å². The Labute approximate surface area is 348 Å². The summed E-state index contributed by atoms with van der Waals surface area (Å²) in [5.74, 6) is -3.65. The van der Waals surface area contributed by atoms with Gasteiger partial charge in [0, 0.05) is 45.9 Å². The number of carbonyl (C=O) groups excluding carboxylic acids is 1. The maximum atomic E-state index is 13.0. The van der Waals surface area contributed by atoms with Crippen LogP contribution in [0.25, 0.3) is 10.8 Å². The molecule has 0 saturated carbocycles. The first-order valence-electron chi connectivity index (χ1n) is 19.0. The van der Waals surface area contributed by atoms with E-state index < -0.39 is 45.8 Å². The predicted octanol–water partition coefficient (Wildman–Crippen LogP) is 7.49. The van der Waals surface area contributed by atoms with Crippen LogP contribution in [-0.2, 0) is 44.7 Å². The zero-order chi connectivity index (χ0) is 43.1. The summed E-state index contributed by atoms with van der Waals surface area (Å²) in [4.78, 5) is 38.8. The summed E-state index contributed by atoms with van der Waals surface area (Å²) >= 11 is 0.853. The lowest BCUT2D eigenvalue weighted by Crippen LogP contribution is -2.42. The molecule has 5 rings (SSSR count). The molecule has 1 unspecified atom stereocenters. The number of amides is 1. The van der Waals surface area contributed by atoms with Crippen LogP contribution >= 0.6 is 12.0 Å². The summed E-state index contributed by atoms with van der Waals surface area (Å²) < 4.78 is 38.5. The van der Waals surface area contributed by atoms with Crippen molar-refractivity contribution < 1.29 is 56.8 Å². The average molecular weight is 849 g/mol. The number of fused-ring (bicyclic) bond motifs is 4. The third-order valence-electron chi connectivity index (χ3n) is 10.6. The molecule has 314 valence electrons. The van der Waals surface area contributed by atoms with Gasteiger partial charge in [-0.15, -0.1) is 4.33 Å². The molecule has 3 aromatic carbocycles. The molecule has 0 saturated heterocycles. The van der Waals surface area contributed by atoms with Gasteiger partial charge in [-0.2, -0.15) is 13.0 Å². The molecule has 2 aliphatic rings. The lowest BCUT2D eigenvalue weighted by molar-refractivity contribution is -0.436. The van der Waals surface area contributed by atoms with Gasteiger partial charge >= 0.3 is 11.9 Å². The van der Waals surface area contributed by atoms with Crippen LogP contribution < -0.4 is 10.2 Å². The quantitative estimate of drug-likeness (QED) is 0.0151. The lowest BCUT2D eigenvalue weighted by Gasteiger charge is -2.27. The number of unbranched alkanes of at least 4 members (excludes halogenated alkanes) is 1. The van der Waals surface area contributed by atoms with Crippen molar-refractivity contribution in [1.82, 2.24) is 5.32 Å². The summed E-state index contributed by atoms with van der Waals surface area (Å²) in [7, 11) is -4.03. The Balaban J connectivity index is 1.43. The molecule has 5 N–H and O–H groups in total. The summed E-state index contributed by atoms with van der Waals surface area (Å²) in [6, 6.07) is 16.2. The Morgan fingerprint density at radius 2 is 1.75 bits per heavy atom. The van der Waals surface area contributed by atoms with Gasteiger partial charge in [-0.25, -0.2) is 10.1 Å². The number of nitrogens with zero attached hydrogens (tertiary/aromatic N) is 2. The molecule has 1 atom stereocenters. The van der Waals surface area contributed by atoms with Gasteiger partial charge in [0.25, 0.3) is 10.1 Å². The largest absolute Gasteiger partial charge is 0.481 e. The van der Waals surface area contributed by atoms with E-state index in [0.717, 1.165) is 56.7 Å². The first-order valence-corrected chi connectivity index (χ1v) is 21.4. The second-order valence-electron chi connectivity index (χ2n) is 15.5. The summed E-state index contributed by atoms with van der Waals surface area (Å²) in [5, 5.41) is 35.2. The molecule has 2 heterocycles. The van der Waals surface area contributed by atoms with Gasteiger partial charge < -0.3 is 20.4 Å². The SMILES string of the molecule is CC(/C=C/C=C1/N(CCCCS(=O)(=O)O)c2ccccc2C1(C)C)=C\C=C\C1=[N+](CCC(=O)NC(CC(=O)O)C(=O)O)c2ccc3cc(SOOO)ccc3c2C1(C)C. The fourth-order valence-electron chi connectivity index (χ4n) is 7.85. The standard InChI is InChI=1S/C43H49N3O11S2/c1-28(12-10-16-36-42(2,3)32-14-6-7-15-34(32)45(36)23-8-9-25-59(53,54)55)13-11-17-37-43(4,5)40-31-20-19-30(58-57-56-52)26-29(31)18-21-35(40)46(37)24-22-38(47)44-33(41(50)51)27-39(48)49/h6-7,10-21,26,33H,8-9,22-25,27H2,1-5H3,(H4-,44,47,48,49,50,51,52,53,54,55)/p+1. The highest BCUT2D eigenvalue weighted by molar-refractivity contribution is 7.94. The molecule has 14 nitrogen and oxygen atoms in total. The molecule has 0 aliphatic carbocycles. The molecule has 2 aliphatic heterocycles. The van der Waals surface area contributed by atoms with E-state index in [4.69, 9.17) is 10.4 Å². The second-order valence-corrected chi connectivity index (χ2v) is 17.9. The number of carboxylic acid groups (broad SMARTS) is 2. The Hall–Kier alpha value is -5.10. The number of nitrogens with one attached hydrogen (secondary N) is 1. The molecular formula is C43H50N3O11S2+. The van der Waals surface area contributed by atoms with Crippen molar-refractivity contribution in [2.24, 2.45) is 0 Å². The van der Waals surface area contributed by atoms with Gasteiger partial charge in [-0.05, 0) is 80.3 Å². The first-order chi connectivity index (χ1) is 27.8. The van der Waals surface area contributed by atoms with Gasteiger partial charge in [-0.1, -0.05) is 73.0 Å². The molecule has 0 spiro atoms. The Morgan fingerprint density at radius 3 is 2.44 bits per heavy atom. The van der Waals surface area contributed by atoms with E-state index in [1.165, 1.54) is 5.56 Å². The van der Waals surface area contributed by atoms with E-state index in [1.807, 2.05) is 84.3 Å². The number of benzene rings is 3. The monoisotopic (exact) mass is 848 g/mol. The number of aliphatic carboxylic acids is 2. The first kappa shape index (κ1) is 45.0. The van der Waals surface area contributed by atoms with Gasteiger partial charge in [0.1, 0.15) is 6.04 Å². The minimum absolute atomic E-state index is 0.105. The molecule has 0 fully saturated rings. The number of carbonyl (C=O) groups is 3. The number of anilines is 1. The van der Waals surface area contributed by atoms with Crippen molar-refractivity contribution in [3.8, 4) is 0 Å². The highest BCUT2D eigenvalue weighted by Crippen LogP contribution is 2.48. The molecule has 1 amide bonds. The maximum Gasteiger partial charge on any atom is 0.326 e. The minimum Gasteiger partial charge on any atom is -0.481 e. The highest BCUT2D eigenvalue weighted by atomic mass is 32.2. The third-order valence-corrected chi connectivity index (χ3v) is 12.0. The number of hydrogen-bond donors (Lipinski definition) is 5. The molecule has 0 bridgehead atoms. The molecule has 3 aromatic rings. The molecule has 59 heavy (non-hydrogen) atoms. The Kier molecular flexibility index (Phi) is 14.4. The van der Waals surface area contributed by atoms with Crippen LogP contribution in [0.2, 0.25) is 0 Å². The topological polar surface area (TPSA) is 203 Å². The predicted molar refractivity (Wildman–Crippen MR) is 226 cm³/mol.